The van der Waals surface area contributed by atoms with Gasteiger partial charge in [-0.25, -0.2) is 0 Å². The molecule has 7 heteroatoms. The molecular weight excluding hydrogens is 326 g/mol. The van der Waals surface area contributed by atoms with Crippen molar-refractivity contribution in [1.82, 2.24) is 5.32 Å². The second-order valence-corrected chi connectivity index (χ2v) is 5.39. The van der Waals surface area contributed by atoms with Crippen LogP contribution in [-0.4, -0.2) is 44.2 Å². The highest BCUT2D eigenvalue weighted by atomic mass is 16.7. The van der Waals surface area contributed by atoms with Gasteiger partial charge in [-0.1, -0.05) is 12.1 Å². The summed E-state index contributed by atoms with van der Waals surface area (Å²) in [6.07, 6.45) is -0.857. The zero-order valence-corrected chi connectivity index (χ0v) is 13.7. The van der Waals surface area contributed by atoms with E-state index in [4.69, 9.17) is 18.9 Å². The standard InChI is InChI=1S/C18H19NO6/c1-22-15-5-3-2-4-14(15)18(21)19-9-12(20)10-23-13-6-7-16-17(8-13)25-11-24-16/h2-8,12,20H,9-11H2,1H3,(H,19,21). The number of para-hydroxylation sites is 1. The van der Waals surface area contributed by atoms with Crippen LogP contribution in [0.15, 0.2) is 42.5 Å². The molecule has 0 spiro atoms. The van der Waals surface area contributed by atoms with Crippen LogP contribution in [0.25, 0.3) is 0 Å². The minimum atomic E-state index is -0.857. The van der Waals surface area contributed by atoms with Crippen molar-refractivity contribution in [1.29, 1.82) is 0 Å². The first kappa shape index (κ1) is 16.9. The van der Waals surface area contributed by atoms with Gasteiger partial charge in [-0.3, -0.25) is 4.79 Å². The van der Waals surface area contributed by atoms with E-state index in [1.54, 1.807) is 42.5 Å². The molecule has 0 fully saturated rings. The average Bonchev–Trinajstić information content (AvgIpc) is 3.12. The van der Waals surface area contributed by atoms with E-state index in [1.165, 1.54) is 7.11 Å². The van der Waals surface area contributed by atoms with Crippen LogP contribution in [0.5, 0.6) is 23.0 Å². The SMILES string of the molecule is COc1ccccc1C(=O)NCC(O)COc1ccc2c(c1)OCO2. The molecule has 2 aromatic carbocycles. The number of aliphatic hydroxyl groups excluding tert-OH is 1. The highest BCUT2D eigenvalue weighted by Crippen LogP contribution is 2.35. The highest BCUT2D eigenvalue weighted by Gasteiger charge is 2.16. The van der Waals surface area contributed by atoms with Crippen LogP contribution in [0.1, 0.15) is 10.4 Å². The van der Waals surface area contributed by atoms with Gasteiger partial charge in [0.05, 0.1) is 12.7 Å². The molecule has 1 aliphatic heterocycles. The molecule has 2 aromatic rings. The molecule has 1 unspecified atom stereocenters. The molecule has 1 heterocycles. The third kappa shape index (κ3) is 4.13. The van der Waals surface area contributed by atoms with Gasteiger partial charge in [0.2, 0.25) is 6.79 Å². The summed E-state index contributed by atoms with van der Waals surface area (Å²) in [5.74, 6) is 1.98. The zero-order valence-electron chi connectivity index (χ0n) is 13.7. The van der Waals surface area contributed by atoms with Crippen LogP contribution in [0.2, 0.25) is 0 Å². The maximum Gasteiger partial charge on any atom is 0.255 e. The topological polar surface area (TPSA) is 86.3 Å². The number of rotatable bonds is 7. The fourth-order valence-electron chi connectivity index (χ4n) is 2.36. The molecule has 0 saturated heterocycles. The summed E-state index contributed by atoms with van der Waals surface area (Å²) in [6.45, 7) is 0.281. The monoisotopic (exact) mass is 345 g/mol. The van der Waals surface area contributed by atoms with Crippen LogP contribution in [0.3, 0.4) is 0 Å². The van der Waals surface area contributed by atoms with Gasteiger partial charge in [0.15, 0.2) is 11.5 Å². The number of hydrogen-bond acceptors (Lipinski definition) is 6. The highest BCUT2D eigenvalue weighted by molar-refractivity contribution is 5.96. The summed E-state index contributed by atoms with van der Waals surface area (Å²) in [5, 5.41) is 12.7. The Balaban J connectivity index is 1.48. The van der Waals surface area contributed by atoms with Gasteiger partial charge in [0.25, 0.3) is 5.91 Å². The molecule has 2 N–H and O–H groups in total. The van der Waals surface area contributed by atoms with Gasteiger partial charge in [0, 0.05) is 12.6 Å². The third-order valence-electron chi connectivity index (χ3n) is 3.64. The molecule has 1 atom stereocenters. The Bertz CT molecular complexity index is 748. The summed E-state index contributed by atoms with van der Waals surface area (Å²) < 4.78 is 21.1. The summed E-state index contributed by atoms with van der Waals surface area (Å²) in [5.41, 5.74) is 0.411. The second-order valence-electron chi connectivity index (χ2n) is 5.39. The summed E-state index contributed by atoms with van der Waals surface area (Å²) in [7, 11) is 1.50. The number of amides is 1. The van der Waals surface area contributed by atoms with Crippen molar-refractivity contribution in [3.63, 3.8) is 0 Å². The smallest absolute Gasteiger partial charge is 0.255 e. The number of carbonyl (C=O) groups excluding carboxylic acids is 1. The number of aliphatic hydroxyl groups is 1. The lowest BCUT2D eigenvalue weighted by Crippen LogP contribution is -2.35. The van der Waals surface area contributed by atoms with Crippen molar-refractivity contribution in [2.24, 2.45) is 0 Å². The Morgan fingerprint density at radius 3 is 2.88 bits per heavy atom. The first-order valence-corrected chi connectivity index (χ1v) is 7.79. The Kier molecular flexibility index (Phi) is 5.25. The lowest BCUT2D eigenvalue weighted by atomic mass is 10.2. The number of methoxy groups -OCH3 is 1. The second kappa shape index (κ2) is 7.76. The zero-order chi connectivity index (χ0) is 17.6. The Morgan fingerprint density at radius 2 is 2.04 bits per heavy atom. The van der Waals surface area contributed by atoms with Gasteiger partial charge < -0.3 is 29.4 Å². The average molecular weight is 345 g/mol. The van der Waals surface area contributed by atoms with Crippen molar-refractivity contribution < 1.29 is 28.8 Å². The fraction of sp³-hybridized carbons (Fsp3) is 0.278. The van der Waals surface area contributed by atoms with Crippen LogP contribution in [0.4, 0.5) is 0 Å². The van der Waals surface area contributed by atoms with Gasteiger partial charge in [-0.05, 0) is 24.3 Å². The van der Waals surface area contributed by atoms with Gasteiger partial charge in [-0.15, -0.1) is 0 Å². The first-order chi connectivity index (χ1) is 12.2. The van der Waals surface area contributed by atoms with Crippen molar-refractivity contribution >= 4 is 5.91 Å². The number of carbonyl (C=O) groups is 1. The van der Waals surface area contributed by atoms with Gasteiger partial charge in [0.1, 0.15) is 24.2 Å². The summed E-state index contributed by atoms with van der Waals surface area (Å²) >= 11 is 0. The van der Waals surface area contributed by atoms with Crippen LogP contribution in [0, 0.1) is 0 Å². The van der Waals surface area contributed by atoms with E-state index in [0.717, 1.165) is 0 Å². The molecule has 1 aliphatic rings. The first-order valence-electron chi connectivity index (χ1n) is 7.79. The van der Waals surface area contributed by atoms with Crippen LogP contribution < -0.4 is 24.3 Å². The number of benzene rings is 2. The molecule has 1 amide bonds. The predicted molar refractivity (Wildman–Crippen MR) is 89.4 cm³/mol. The number of fused-ring (bicyclic) bond motifs is 1. The molecule has 0 aromatic heterocycles. The number of ether oxygens (including phenoxy) is 4. The summed E-state index contributed by atoms with van der Waals surface area (Å²) in [4.78, 5) is 12.2. The quantitative estimate of drug-likeness (QED) is 0.793. The van der Waals surface area contributed by atoms with E-state index in [0.29, 0.717) is 28.6 Å². The molecule has 7 nitrogen and oxygen atoms in total. The minimum absolute atomic E-state index is 0.0336. The molecule has 0 saturated carbocycles. The summed E-state index contributed by atoms with van der Waals surface area (Å²) in [6, 6.07) is 12.1. The lowest BCUT2D eigenvalue weighted by Gasteiger charge is -2.14. The minimum Gasteiger partial charge on any atom is -0.496 e. The van der Waals surface area contributed by atoms with E-state index < -0.39 is 6.10 Å². The van der Waals surface area contributed by atoms with Gasteiger partial charge in [-0.2, -0.15) is 0 Å². The molecule has 132 valence electrons. The fourth-order valence-corrected chi connectivity index (χ4v) is 2.36. The third-order valence-corrected chi connectivity index (χ3v) is 3.64. The molecular formula is C18H19NO6. The van der Waals surface area contributed by atoms with Crippen molar-refractivity contribution in [2.75, 3.05) is 27.1 Å². The number of nitrogens with one attached hydrogen (secondary N) is 1. The van der Waals surface area contributed by atoms with Crippen molar-refractivity contribution in [3.8, 4) is 23.0 Å². The Labute approximate surface area is 145 Å². The molecule has 25 heavy (non-hydrogen) atoms. The Hall–Kier alpha value is -2.93. The predicted octanol–water partition coefficient (Wildman–Crippen LogP) is 1.59. The molecule has 0 aliphatic carbocycles. The van der Waals surface area contributed by atoms with Crippen LogP contribution >= 0.6 is 0 Å². The molecule has 0 radical (unpaired) electrons. The van der Waals surface area contributed by atoms with E-state index in [-0.39, 0.29) is 25.9 Å². The molecule has 3 rings (SSSR count). The molecule has 0 bridgehead atoms. The maximum atomic E-state index is 12.2. The van der Waals surface area contributed by atoms with E-state index in [2.05, 4.69) is 5.32 Å². The van der Waals surface area contributed by atoms with E-state index in [1.807, 2.05) is 0 Å². The van der Waals surface area contributed by atoms with Crippen LogP contribution in [-0.2, 0) is 0 Å². The van der Waals surface area contributed by atoms with Crippen molar-refractivity contribution in [2.45, 2.75) is 6.10 Å². The normalized spacial score (nSPS) is 13.2. The van der Waals surface area contributed by atoms with E-state index in [9.17, 15) is 9.90 Å². The lowest BCUT2D eigenvalue weighted by molar-refractivity contribution is 0.0841. The maximum absolute atomic E-state index is 12.2. The Morgan fingerprint density at radius 1 is 1.24 bits per heavy atom. The van der Waals surface area contributed by atoms with Crippen molar-refractivity contribution in [3.05, 3.63) is 48.0 Å². The largest absolute Gasteiger partial charge is 0.496 e. The van der Waals surface area contributed by atoms with Gasteiger partial charge >= 0.3 is 0 Å². The van der Waals surface area contributed by atoms with E-state index >= 15 is 0 Å². The number of hydrogen-bond donors (Lipinski definition) is 2.